The Kier molecular flexibility index (Phi) is 8.71. The lowest BCUT2D eigenvalue weighted by atomic mass is 9.49. The lowest BCUT2D eigenvalue weighted by Gasteiger charge is -2.10. The van der Waals surface area contributed by atoms with Crippen molar-refractivity contribution in [1.29, 1.82) is 0 Å². The molecule has 2 aromatic rings. The van der Waals surface area contributed by atoms with Crippen LogP contribution in [0.25, 0.3) is 0 Å². The summed E-state index contributed by atoms with van der Waals surface area (Å²) in [6, 6.07) is 13.1. The van der Waals surface area contributed by atoms with E-state index in [0.29, 0.717) is 30.7 Å². The fourth-order valence-corrected chi connectivity index (χ4v) is 3.16. The molecule has 0 aliphatic carbocycles. The van der Waals surface area contributed by atoms with E-state index in [1.165, 1.54) is 6.07 Å². The van der Waals surface area contributed by atoms with Crippen LogP contribution in [0.4, 0.5) is 4.39 Å². The van der Waals surface area contributed by atoms with Gasteiger partial charge in [0.05, 0.1) is 6.61 Å². The standard InChI is InChI=1S/C23H31BFNO2/c1-24(2)22-11-10-21(17-23(22)25)28-14-12-18-7-5-8-19(15-18)16-20(27)9-6-13-26(3)4/h5,7-8,10-11,15,17H,6,9,12-14,16H2,1-4H3. The van der Waals surface area contributed by atoms with Gasteiger partial charge in [-0.1, -0.05) is 44.0 Å². The van der Waals surface area contributed by atoms with Gasteiger partial charge in [0.2, 0.25) is 0 Å². The van der Waals surface area contributed by atoms with Crippen molar-refractivity contribution < 1.29 is 13.9 Å². The number of nitrogens with zero attached hydrogens (tertiary/aromatic N) is 1. The summed E-state index contributed by atoms with van der Waals surface area (Å²) in [6.07, 6.45) is 2.70. The van der Waals surface area contributed by atoms with Gasteiger partial charge in [-0.15, -0.1) is 0 Å². The maximum Gasteiger partial charge on any atom is 0.173 e. The predicted molar refractivity (Wildman–Crippen MR) is 116 cm³/mol. The Balaban J connectivity index is 1.82. The van der Waals surface area contributed by atoms with Crippen LogP contribution >= 0.6 is 0 Å². The van der Waals surface area contributed by atoms with Crippen LogP contribution in [0.1, 0.15) is 24.0 Å². The number of carbonyl (C=O) groups excluding carboxylic acids is 1. The highest BCUT2D eigenvalue weighted by atomic mass is 19.1. The summed E-state index contributed by atoms with van der Waals surface area (Å²) in [5, 5.41) is 0. The van der Waals surface area contributed by atoms with E-state index < -0.39 is 0 Å². The molecular weight excluding hydrogens is 352 g/mol. The van der Waals surface area contributed by atoms with Gasteiger partial charge in [0.1, 0.15) is 17.3 Å². The molecule has 0 amide bonds. The summed E-state index contributed by atoms with van der Waals surface area (Å²) >= 11 is 0. The molecule has 0 unspecified atom stereocenters. The van der Waals surface area contributed by atoms with Crippen LogP contribution in [0.2, 0.25) is 13.6 Å². The third-order valence-electron chi connectivity index (χ3n) is 4.71. The van der Waals surface area contributed by atoms with Crippen molar-refractivity contribution in [2.75, 3.05) is 27.2 Å². The predicted octanol–water partition coefficient (Wildman–Crippen LogP) is 3.86. The summed E-state index contributed by atoms with van der Waals surface area (Å²) in [4.78, 5) is 14.2. The largest absolute Gasteiger partial charge is 0.493 e. The van der Waals surface area contributed by atoms with Crippen molar-refractivity contribution in [2.24, 2.45) is 0 Å². The van der Waals surface area contributed by atoms with E-state index in [2.05, 4.69) is 11.0 Å². The van der Waals surface area contributed by atoms with E-state index in [0.717, 1.165) is 30.5 Å². The fraction of sp³-hybridized carbons (Fsp3) is 0.435. The minimum absolute atomic E-state index is 0.155. The zero-order valence-corrected chi connectivity index (χ0v) is 17.5. The molecule has 0 bridgehead atoms. The van der Waals surface area contributed by atoms with Gasteiger partial charge in [0.25, 0.3) is 0 Å². The molecule has 0 aliphatic rings. The van der Waals surface area contributed by atoms with Crippen molar-refractivity contribution in [3.8, 4) is 5.75 Å². The van der Waals surface area contributed by atoms with Gasteiger partial charge < -0.3 is 9.64 Å². The first kappa shape index (κ1) is 22.2. The molecule has 0 atom stereocenters. The molecule has 0 spiro atoms. The van der Waals surface area contributed by atoms with E-state index in [4.69, 9.17) is 4.74 Å². The van der Waals surface area contributed by atoms with Crippen LogP contribution in [0.3, 0.4) is 0 Å². The third kappa shape index (κ3) is 7.47. The molecule has 0 saturated carbocycles. The molecule has 0 N–H and O–H groups in total. The number of benzene rings is 2. The van der Waals surface area contributed by atoms with Crippen molar-refractivity contribution in [2.45, 2.75) is 39.3 Å². The number of ketones is 1. The Morgan fingerprint density at radius 3 is 2.54 bits per heavy atom. The van der Waals surface area contributed by atoms with Crippen molar-refractivity contribution in [3.05, 3.63) is 59.4 Å². The maximum absolute atomic E-state index is 14.0. The maximum atomic E-state index is 14.0. The normalized spacial score (nSPS) is 10.9. The topological polar surface area (TPSA) is 29.5 Å². The van der Waals surface area contributed by atoms with Crippen LogP contribution in [0, 0.1) is 5.82 Å². The number of rotatable bonds is 11. The van der Waals surface area contributed by atoms with Crippen molar-refractivity contribution in [3.63, 3.8) is 0 Å². The first-order valence-corrected chi connectivity index (χ1v) is 10.0. The first-order valence-electron chi connectivity index (χ1n) is 10.0. The summed E-state index contributed by atoms with van der Waals surface area (Å²) in [5.41, 5.74) is 2.87. The zero-order valence-electron chi connectivity index (χ0n) is 17.5. The second-order valence-corrected chi connectivity index (χ2v) is 7.88. The Morgan fingerprint density at radius 2 is 1.86 bits per heavy atom. The second-order valence-electron chi connectivity index (χ2n) is 7.88. The van der Waals surface area contributed by atoms with Gasteiger partial charge in [0.15, 0.2) is 6.71 Å². The van der Waals surface area contributed by atoms with Gasteiger partial charge in [-0.25, -0.2) is 4.39 Å². The summed E-state index contributed by atoms with van der Waals surface area (Å²) < 4.78 is 19.8. The lowest BCUT2D eigenvalue weighted by Crippen LogP contribution is -2.25. The molecule has 2 rings (SSSR count). The van der Waals surface area contributed by atoms with Crippen LogP contribution in [0.15, 0.2) is 42.5 Å². The van der Waals surface area contributed by atoms with E-state index in [-0.39, 0.29) is 18.3 Å². The van der Waals surface area contributed by atoms with Gasteiger partial charge in [-0.2, -0.15) is 0 Å². The molecule has 5 heteroatoms. The number of hydrogen-bond acceptors (Lipinski definition) is 3. The highest BCUT2D eigenvalue weighted by Crippen LogP contribution is 2.13. The summed E-state index contributed by atoms with van der Waals surface area (Å²) in [7, 11) is 4.03. The van der Waals surface area contributed by atoms with Gasteiger partial charge in [-0.05, 0) is 49.7 Å². The van der Waals surface area contributed by atoms with Gasteiger partial charge >= 0.3 is 0 Å². The average molecular weight is 383 g/mol. The number of carbonyl (C=O) groups is 1. The number of halogens is 1. The Labute approximate surface area is 169 Å². The van der Waals surface area contributed by atoms with Crippen LogP contribution < -0.4 is 10.2 Å². The molecule has 0 aromatic heterocycles. The molecular formula is C23H31BFNO2. The Bertz CT molecular complexity index is 777. The van der Waals surface area contributed by atoms with E-state index in [9.17, 15) is 9.18 Å². The monoisotopic (exact) mass is 383 g/mol. The SMILES string of the molecule is CB(C)c1ccc(OCCc2cccc(CC(=O)CCCN(C)C)c2)cc1F. The smallest absolute Gasteiger partial charge is 0.173 e. The number of hydrogen-bond donors (Lipinski definition) is 0. The molecule has 0 saturated heterocycles. The summed E-state index contributed by atoms with van der Waals surface area (Å²) in [5.74, 6) is 0.604. The lowest BCUT2D eigenvalue weighted by molar-refractivity contribution is -0.118. The molecule has 3 nitrogen and oxygen atoms in total. The van der Waals surface area contributed by atoms with Gasteiger partial charge in [0, 0.05) is 25.3 Å². The minimum atomic E-state index is -0.220. The Morgan fingerprint density at radius 1 is 1.11 bits per heavy atom. The Hall–Kier alpha value is -2.14. The average Bonchev–Trinajstić information content (AvgIpc) is 2.61. The van der Waals surface area contributed by atoms with E-state index in [1.807, 2.05) is 52.0 Å². The second kappa shape index (κ2) is 11.0. The van der Waals surface area contributed by atoms with E-state index >= 15 is 0 Å². The minimum Gasteiger partial charge on any atom is -0.493 e. The van der Waals surface area contributed by atoms with Crippen LogP contribution in [0.5, 0.6) is 5.75 Å². The number of Topliss-reactive ketones (excluding diaryl/α,β-unsaturated/α-hetero) is 1. The number of ether oxygens (including phenoxy) is 1. The van der Waals surface area contributed by atoms with Crippen LogP contribution in [-0.4, -0.2) is 44.6 Å². The highest BCUT2D eigenvalue weighted by molar-refractivity contribution is 6.70. The first-order chi connectivity index (χ1) is 13.3. The van der Waals surface area contributed by atoms with Crippen molar-refractivity contribution >= 4 is 18.0 Å². The van der Waals surface area contributed by atoms with E-state index in [1.54, 1.807) is 6.07 Å². The van der Waals surface area contributed by atoms with Gasteiger partial charge in [-0.3, -0.25) is 4.79 Å². The third-order valence-corrected chi connectivity index (χ3v) is 4.71. The molecule has 0 aliphatic heterocycles. The molecule has 0 heterocycles. The molecule has 150 valence electrons. The van der Waals surface area contributed by atoms with Crippen molar-refractivity contribution in [1.82, 2.24) is 4.90 Å². The molecule has 0 radical (unpaired) electrons. The molecule has 2 aromatic carbocycles. The zero-order chi connectivity index (χ0) is 20.5. The molecule has 0 fully saturated rings. The summed E-state index contributed by atoms with van der Waals surface area (Å²) in [6.45, 7) is 5.50. The highest BCUT2D eigenvalue weighted by Gasteiger charge is 2.10. The molecule has 28 heavy (non-hydrogen) atoms. The fourth-order valence-electron chi connectivity index (χ4n) is 3.16. The van der Waals surface area contributed by atoms with Crippen LogP contribution in [-0.2, 0) is 17.6 Å². The quantitative estimate of drug-likeness (QED) is 0.552.